The number of benzene rings is 1. The van der Waals surface area contributed by atoms with E-state index in [1.807, 2.05) is 52.2 Å². The number of ether oxygens (including phenoxy) is 1. The van der Waals surface area contributed by atoms with Crippen LogP contribution in [0.15, 0.2) is 28.8 Å². The summed E-state index contributed by atoms with van der Waals surface area (Å²) in [5.41, 5.74) is 2.71. The Morgan fingerprint density at radius 3 is 2.71 bits per heavy atom. The molecule has 1 aromatic heterocycles. The highest BCUT2D eigenvalue weighted by atomic mass is 16.5. The molecule has 0 saturated heterocycles. The van der Waals surface area contributed by atoms with Gasteiger partial charge in [0.25, 0.3) is 0 Å². The average molecular weight is 331 g/mol. The summed E-state index contributed by atoms with van der Waals surface area (Å²) in [5.74, 6) is 1.46. The number of carbonyl (C=O) groups excluding carboxylic acids is 1. The number of hydrogen-bond donors (Lipinski definition) is 1. The Morgan fingerprint density at radius 1 is 1.38 bits per heavy atom. The molecule has 0 aliphatic rings. The van der Waals surface area contributed by atoms with Crippen molar-refractivity contribution in [3.8, 4) is 5.75 Å². The molecule has 0 aliphatic carbocycles. The van der Waals surface area contributed by atoms with Crippen molar-refractivity contribution < 1.29 is 14.1 Å². The van der Waals surface area contributed by atoms with Crippen LogP contribution in [-0.4, -0.2) is 43.7 Å². The summed E-state index contributed by atoms with van der Waals surface area (Å²) in [6.07, 6.45) is 0.277. The molecular formula is C18H25N3O3. The van der Waals surface area contributed by atoms with Crippen molar-refractivity contribution >= 4 is 5.91 Å². The van der Waals surface area contributed by atoms with E-state index < -0.39 is 0 Å². The van der Waals surface area contributed by atoms with E-state index in [1.165, 1.54) is 0 Å². The minimum absolute atomic E-state index is 0.0425. The van der Waals surface area contributed by atoms with Crippen LogP contribution in [0.2, 0.25) is 0 Å². The SMILES string of the molecule is COc1cccc(C(CNC(=O)Cc2c(C)noc2C)N(C)C)c1. The number of hydrogen-bond acceptors (Lipinski definition) is 5. The maximum absolute atomic E-state index is 12.3. The van der Waals surface area contributed by atoms with Crippen LogP contribution < -0.4 is 10.1 Å². The Hall–Kier alpha value is -2.34. The number of likely N-dealkylation sites (N-methyl/N-ethyl adjacent to an activating group) is 1. The topological polar surface area (TPSA) is 67.6 Å². The zero-order chi connectivity index (χ0) is 17.7. The summed E-state index contributed by atoms with van der Waals surface area (Å²) >= 11 is 0. The van der Waals surface area contributed by atoms with Gasteiger partial charge in [-0.15, -0.1) is 0 Å². The standard InChI is InChI=1S/C18H25N3O3/c1-12-16(13(2)24-20-12)10-18(22)19-11-17(21(3)4)14-7-6-8-15(9-14)23-5/h6-9,17H,10-11H2,1-5H3,(H,19,22). The van der Waals surface area contributed by atoms with Crippen LogP contribution in [0.25, 0.3) is 0 Å². The Morgan fingerprint density at radius 2 is 2.12 bits per heavy atom. The summed E-state index contributed by atoms with van der Waals surface area (Å²) < 4.78 is 10.4. The van der Waals surface area contributed by atoms with Crippen LogP contribution in [0.3, 0.4) is 0 Å². The summed E-state index contributed by atoms with van der Waals surface area (Å²) in [6, 6.07) is 7.95. The second kappa shape index (κ2) is 7.97. The monoisotopic (exact) mass is 331 g/mol. The highest BCUT2D eigenvalue weighted by molar-refractivity contribution is 5.79. The molecule has 2 aromatic rings. The Kier molecular flexibility index (Phi) is 5.98. The fraction of sp³-hybridized carbons (Fsp3) is 0.444. The smallest absolute Gasteiger partial charge is 0.224 e. The highest BCUT2D eigenvalue weighted by Gasteiger charge is 2.18. The van der Waals surface area contributed by atoms with Gasteiger partial charge in [0.05, 0.1) is 25.3 Å². The number of aryl methyl sites for hydroxylation is 2. The van der Waals surface area contributed by atoms with Gasteiger partial charge in [-0.05, 0) is 45.6 Å². The molecule has 24 heavy (non-hydrogen) atoms. The number of carbonyl (C=O) groups is 1. The average Bonchev–Trinajstić information content (AvgIpc) is 2.87. The van der Waals surface area contributed by atoms with E-state index in [1.54, 1.807) is 7.11 Å². The summed E-state index contributed by atoms with van der Waals surface area (Å²) in [5, 5.41) is 6.88. The number of nitrogens with one attached hydrogen (secondary N) is 1. The van der Waals surface area contributed by atoms with Crippen LogP contribution >= 0.6 is 0 Å². The first-order chi connectivity index (χ1) is 11.4. The second-order valence-corrected chi connectivity index (χ2v) is 6.04. The number of methoxy groups -OCH3 is 1. The van der Waals surface area contributed by atoms with Crippen LogP contribution in [0.4, 0.5) is 0 Å². The molecule has 1 N–H and O–H groups in total. The van der Waals surface area contributed by atoms with Gasteiger partial charge in [-0.2, -0.15) is 0 Å². The van der Waals surface area contributed by atoms with E-state index in [0.29, 0.717) is 12.3 Å². The first kappa shape index (κ1) is 18.0. The lowest BCUT2D eigenvalue weighted by atomic mass is 10.1. The quantitative estimate of drug-likeness (QED) is 0.843. The van der Waals surface area contributed by atoms with E-state index in [0.717, 1.165) is 22.6 Å². The molecule has 0 bridgehead atoms. The molecule has 1 unspecified atom stereocenters. The lowest BCUT2D eigenvalue weighted by Gasteiger charge is -2.25. The summed E-state index contributed by atoms with van der Waals surface area (Å²) in [4.78, 5) is 14.3. The van der Waals surface area contributed by atoms with Gasteiger partial charge in [0.15, 0.2) is 0 Å². The molecule has 2 rings (SSSR count). The molecule has 1 aromatic carbocycles. The largest absolute Gasteiger partial charge is 0.497 e. The Balaban J connectivity index is 2.02. The van der Waals surface area contributed by atoms with Crippen LogP contribution in [-0.2, 0) is 11.2 Å². The van der Waals surface area contributed by atoms with Crippen LogP contribution in [0, 0.1) is 13.8 Å². The maximum Gasteiger partial charge on any atom is 0.224 e. The van der Waals surface area contributed by atoms with Crippen molar-refractivity contribution in [1.82, 2.24) is 15.4 Å². The predicted octanol–water partition coefficient (Wildman–Crippen LogP) is 2.26. The fourth-order valence-corrected chi connectivity index (χ4v) is 2.64. The zero-order valence-electron chi connectivity index (χ0n) is 14.9. The van der Waals surface area contributed by atoms with Gasteiger partial charge >= 0.3 is 0 Å². The molecule has 0 saturated carbocycles. The van der Waals surface area contributed by atoms with Gasteiger partial charge in [0.1, 0.15) is 11.5 Å². The van der Waals surface area contributed by atoms with Crippen LogP contribution in [0.1, 0.15) is 28.6 Å². The van der Waals surface area contributed by atoms with Gasteiger partial charge in [-0.3, -0.25) is 4.79 Å². The summed E-state index contributed by atoms with van der Waals surface area (Å²) in [6.45, 7) is 4.18. The van der Waals surface area contributed by atoms with Crippen molar-refractivity contribution in [1.29, 1.82) is 0 Å². The normalized spacial score (nSPS) is 12.2. The predicted molar refractivity (Wildman–Crippen MR) is 92.1 cm³/mol. The Bertz CT molecular complexity index is 675. The van der Waals surface area contributed by atoms with Crippen molar-refractivity contribution in [2.45, 2.75) is 26.3 Å². The summed E-state index contributed by atoms with van der Waals surface area (Å²) in [7, 11) is 5.63. The van der Waals surface area contributed by atoms with E-state index in [2.05, 4.69) is 15.4 Å². The van der Waals surface area contributed by atoms with Gasteiger partial charge in [-0.1, -0.05) is 17.3 Å². The third kappa shape index (κ3) is 4.35. The van der Waals surface area contributed by atoms with E-state index >= 15 is 0 Å². The maximum atomic E-state index is 12.3. The van der Waals surface area contributed by atoms with Crippen molar-refractivity contribution in [3.63, 3.8) is 0 Å². The molecule has 6 nitrogen and oxygen atoms in total. The molecule has 0 spiro atoms. The number of rotatable bonds is 7. The number of amides is 1. The van der Waals surface area contributed by atoms with E-state index in [9.17, 15) is 4.79 Å². The Labute approximate surface area is 142 Å². The van der Waals surface area contributed by atoms with E-state index in [-0.39, 0.29) is 18.4 Å². The second-order valence-electron chi connectivity index (χ2n) is 6.04. The van der Waals surface area contributed by atoms with Gasteiger partial charge in [-0.25, -0.2) is 0 Å². The molecule has 130 valence electrons. The van der Waals surface area contributed by atoms with Gasteiger partial charge in [0, 0.05) is 12.1 Å². The lowest BCUT2D eigenvalue weighted by Crippen LogP contribution is -2.35. The third-order valence-electron chi connectivity index (χ3n) is 4.11. The van der Waals surface area contributed by atoms with Crippen molar-refractivity contribution in [2.24, 2.45) is 0 Å². The molecule has 1 atom stereocenters. The molecule has 0 fully saturated rings. The zero-order valence-corrected chi connectivity index (χ0v) is 14.9. The van der Waals surface area contributed by atoms with Gasteiger partial charge < -0.3 is 19.5 Å². The molecule has 1 heterocycles. The molecular weight excluding hydrogens is 306 g/mol. The first-order valence-electron chi connectivity index (χ1n) is 7.91. The molecule has 0 aliphatic heterocycles. The molecule has 1 amide bonds. The minimum atomic E-state index is -0.0425. The molecule has 0 radical (unpaired) electrons. The third-order valence-corrected chi connectivity index (χ3v) is 4.11. The van der Waals surface area contributed by atoms with Gasteiger partial charge in [0.2, 0.25) is 5.91 Å². The minimum Gasteiger partial charge on any atom is -0.497 e. The highest BCUT2D eigenvalue weighted by Crippen LogP contribution is 2.22. The fourth-order valence-electron chi connectivity index (χ4n) is 2.64. The molecule has 6 heteroatoms. The lowest BCUT2D eigenvalue weighted by molar-refractivity contribution is -0.120. The number of aromatic nitrogens is 1. The number of nitrogens with zero attached hydrogens (tertiary/aromatic N) is 2. The first-order valence-corrected chi connectivity index (χ1v) is 7.91. The van der Waals surface area contributed by atoms with Crippen molar-refractivity contribution in [3.05, 3.63) is 46.8 Å². The van der Waals surface area contributed by atoms with Crippen LogP contribution in [0.5, 0.6) is 5.75 Å². The van der Waals surface area contributed by atoms with Crippen molar-refractivity contribution in [2.75, 3.05) is 27.7 Å². The van der Waals surface area contributed by atoms with E-state index in [4.69, 9.17) is 9.26 Å².